The van der Waals surface area contributed by atoms with Gasteiger partial charge in [0.2, 0.25) is 10.0 Å². The Bertz CT molecular complexity index is 649. The molecule has 0 fully saturated rings. The highest BCUT2D eigenvalue weighted by molar-refractivity contribution is 7.89. The molecule has 9 heteroatoms. The number of benzene rings is 1. The number of halogens is 3. The number of nitriles is 1. The first-order valence-electron chi connectivity index (χ1n) is 5.83. The molecule has 0 amide bonds. The fourth-order valence-corrected chi connectivity index (χ4v) is 2.23. The molecular weight excluding hydrogens is 307 g/mol. The van der Waals surface area contributed by atoms with E-state index in [1.54, 1.807) is 0 Å². The molecule has 0 aromatic heterocycles. The number of hydrogen-bond acceptors (Lipinski definition) is 4. The SMILES string of the molecule is CN(C)S(=O)(=O)CCNc1ccc(C(F)(F)F)c(C#N)c1. The second-order valence-corrected chi connectivity index (χ2v) is 6.70. The van der Waals surface area contributed by atoms with Crippen molar-refractivity contribution in [3.05, 3.63) is 29.3 Å². The minimum Gasteiger partial charge on any atom is -0.384 e. The Labute approximate surface area is 121 Å². The summed E-state index contributed by atoms with van der Waals surface area (Å²) in [5.74, 6) is -0.205. The van der Waals surface area contributed by atoms with Gasteiger partial charge in [-0.05, 0) is 18.2 Å². The van der Waals surface area contributed by atoms with Gasteiger partial charge in [0.15, 0.2) is 0 Å². The molecule has 0 saturated carbocycles. The van der Waals surface area contributed by atoms with Gasteiger partial charge in [-0.3, -0.25) is 0 Å². The van der Waals surface area contributed by atoms with Crippen molar-refractivity contribution in [2.75, 3.05) is 31.7 Å². The Morgan fingerprint density at radius 1 is 1.33 bits per heavy atom. The Morgan fingerprint density at radius 3 is 2.43 bits per heavy atom. The van der Waals surface area contributed by atoms with Crippen LogP contribution >= 0.6 is 0 Å². The summed E-state index contributed by atoms with van der Waals surface area (Å²) in [6.07, 6.45) is -4.60. The molecule has 0 radical (unpaired) electrons. The van der Waals surface area contributed by atoms with Crippen LogP contribution in [-0.4, -0.2) is 39.1 Å². The number of rotatable bonds is 5. The number of anilines is 1. The van der Waals surface area contributed by atoms with E-state index in [4.69, 9.17) is 5.26 Å². The van der Waals surface area contributed by atoms with Crippen LogP contribution in [0.15, 0.2) is 18.2 Å². The highest BCUT2D eigenvalue weighted by Gasteiger charge is 2.33. The summed E-state index contributed by atoms with van der Waals surface area (Å²) >= 11 is 0. The van der Waals surface area contributed by atoms with Crippen LogP contribution in [0.25, 0.3) is 0 Å². The molecule has 5 nitrogen and oxygen atoms in total. The van der Waals surface area contributed by atoms with Crippen LogP contribution in [0.4, 0.5) is 18.9 Å². The molecule has 0 aliphatic heterocycles. The van der Waals surface area contributed by atoms with Gasteiger partial charge in [0.25, 0.3) is 0 Å². The third-order valence-corrected chi connectivity index (χ3v) is 4.52. The fourth-order valence-electron chi connectivity index (χ4n) is 1.50. The van der Waals surface area contributed by atoms with Crippen molar-refractivity contribution in [2.24, 2.45) is 0 Å². The van der Waals surface area contributed by atoms with Crippen LogP contribution in [0.5, 0.6) is 0 Å². The summed E-state index contributed by atoms with van der Waals surface area (Å²) in [4.78, 5) is 0. The second kappa shape index (κ2) is 6.32. The van der Waals surface area contributed by atoms with Crippen LogP contribution in [0.1, 0.15) is 11.1 Å². The number of sulfonamides is 1. The summed E-state index contributed by atoms with van der Waals surface area (Å²) in [6, 6.07) is 4.48. The minimum atomic E-state index is -4.60. The largest absolute Gasteiger partial charge is 0.417 e. The van der Waals surface area contributed by atoms with Crippen LogP contribution in [0.3, 0.4) is 0 Å². The molecule has 0 heterocycles. The minimum absolute atomic E-state index is 0.0246. The Morgan fingerprint density at radius 2 is 1.95 bits per heavy atom. The maximum absolute atomic E-state index is 12.6. The van der Waals surface area contributed by atoms with Crippen LogP contribution in [0.2, 0.25) is 0 Å². The highest BCUT2D eigenvalue weighted by Crippen LogP contribution is 2.32. The molecule has 0 spiro atoms. The quantitative estimate of drug-likeness (QED) is 0.899. The second-order valence-electron chi connectivity index (χ2n) is 4.40. The number of nitrogens with zero attached hydrogens (tertiary/aromatic N) is 2. The first-order chi connectivity index (χ1) is 9.58. The lowest BCUT2D eigenvalue weighted by Gasteiger charge is -2.13. The van der Waals surface area contributed by atoms with Gasteiger partial charge >= 0.3 is 6.18 Å². The topological polar surface area (TPSA) is 73.2 Å². The van der Waals surface area contributed by atoms with Gasteiger partial charge in [-0.1, -0.05) is 0 Å². The Kier molecular flexibility index (Phi) is 5.20. The first-order valence-corrected chi connectivity index (χ1v) is 7.44. The lowest BCUT2D eigenvalue weighted by molar-refractivity contribution is -0.137. The smallest absolute Gasteiger partial charge is 0.384 e. The number of nitrogens with one attached hydrogen (secondary N) is 1. The third-order valence-electron chi connectivity index (χ3n) is 2.69. The van der Waals surface area contributed by atoms with Crippen molar-refractivity contribution in [1.82, 2.24) is 4.31 Å². The molecule has 0 saturated heterocycles. The van der Waals surface area contributed by atoms with Crippen molar-refractivity contribution in [3.8, 4) is 6.07 Å². The molecule has 0 bridgehead atoms. The highest BCUT2D eigenvalue weighted by atomic mass is 32.2. The summed E-state index contributed by atoms with van der Waals surface area (Å²) in [7, 11) is -0.609. The van der Waals surface area contributed by atoms with Crippen molar-refractivity contribution < 1.29 is 21.6 Å². The molecule has 0 aliphatic rings. The standard InChI is InChI=1S/C12H14F3N3O2S/c1-18(2)21(19,20)6-5-17-10-3-4-11(12(13,14)15)9(7-10)8-16/h3-4,7,17H,5-6H2,1-2H3. The Hall–Kier alpha value is -1.79. The van der Waals surface area contributed by atoms with Crippen LogP contribution < -0.4 is 5.32 Å². The predicted molar refractivity (Wildman–Crippen MR) is 72.1 cm³/mol. The van der Waals surface area contributed by atoms with E-state index < -0.39 is 27.3 Å². The van der Waals surface area contributed by atoms with Crippen molar-refractivity contribution in [2.45, 2.75) is 6.18 Å². The van der Waals surface area contributed by atoms with E-state index in [1.165, 1.54) is 20.2 Å². The zero-order valence-electron chi connectivity index (χ0n) is 11.4. The average molecular weight is 321 g/mol. The summed E-state index contributed by atoms with van der Waals surface area (Å²) in [5, 5.41) is 11.4. The van der Waals surface area contributed by atoms with Gasteiger partial charge in [0.1, 0.15) is 0 Å². The zero-order valence-corrected chi connectivity index (χ0v) is 12.2. The first kappa shape index (κ1) is 17.3. The molecule has 1 aromatic carbocycles. The number of hydrogen-bond donors (Lipinski definition) is 1. The number of alkyl halides is 3. The van der Waals surface area contributed by atoms with Gasteiger partial charge < -0.3 is 5.32 Å². The molecule has 0 unspecified atom stereocenters. The molecule has 21 heavy (non-hydrogen) atoms. The molecule has 0 atom stereocenters. The van der Waals surface area contributed by atoms with E-state index in [2.05, 4.69) is 5.32 Å². The van der Waals surface area contributed by atoms with E-state index >= 15 is 0 Å². The van der Waals surface area contributed by atoms with Gasteiger partial charge in [0, 0.05) is 26.3 Å². The molecule has 1 N–H and O–H groups in total. The van der Waals surface area contributed by atoms with Gasteiger partial charge in [-0.15, -0.1) is 0 Å². The van der Waals surface area contributed by atoms with Gasteiger partial charge in [-0.25, -0.2) is 12.7 Å². The van der Waals surface area contributed by atoms with Crippen LogP contribution in [0, 0.1) is 11.3 Å². The van der Waals surface area contributed by atoms with E-state index in [0.29, 0.717) is 0 Å². The fraction of sp³-hybridized carbons (Fsp3) is 0.417. The van der Waals surface area contributed by atoms with E-state index in [9.17, 15) is 21.6 Å². The zero-order chi connectivity index (χ0) is 16.3. The summed E-state index contributed by atoms with van der Waals surface area (Å²) < 4.78 is 61.9. The van der Waals surface area contributed by atoms with Gasteiger partial charge in [0.05, 0.1) is 22.9 Å². The lowest BCUT2D eigenvalue weighted by Crippen LogP contribution is -2.28. The normalized spacial score (nSPS) is 12.2. The molecular formula is C12H14F3N3O2S. The average Bonchev–Trinajstić information content (AvgIpc) is 2.36. The molecule has 1 rings (SSSR count). The van der Waals surface area contributed by atoms with Crippen molar-refractivity contribution >= 4 is 15.7 Å². The van der Waals surface area contributed by atoms with E-state index in [1.807, 2.05) is 0 Å². The summed E-state index contributed by atoms with van der Waals surface area (Å²) in [6.45, 7) is 0.0246. The Balaban J connectivity index is 2.82. The van der Waals surface area contributed by atoms with E-state index in [0.717, 1.165) is 22.5 Å². The summed E-state index contributed by atoms with van der Waals surface area (Å²) in [5.41, 5.74) is -1.27. The maximum Gasteiger partial charge on any atom is 0.417 e. The molecule has 116 valence electrons. The van der Waals surface area contributed by atoms with E-state index in [-0.39, 0.29) is 18.0 Å². The monoisotopic (exact) mass is 321 g/mol. The third kappa shape index (κ3) is 4.61. The predicted octanol–water partition coefficient (Wildman–Crippen LogP) is 1.88. The van der Waals surface area contributed by atoms with Crippen molar-refractivity contribution in [1.29, 1.82) is 5.26 Å². The molecule has 1 aromatic rings. The molecule has 0 aliphatic carbocycles. The maximum atomic E-state index is 12.6. The van der Waals surface area contributed by atoms with Crippen LogP contribution in [-0.2, 0) is 16.2 Å². The lowest BCUT2D eigenvalue weighted by atomic mass is 10.1. The van der Waals surface area contributed by atoms with Crippen molar-refractivity contribution in [3.63, 3.8) is 0 Å². The van der Waals surface area contributed by atoms with Gasteiger partial charge in [-0.2, -0.15) is 18.4 Å².